The number of carbonyl (C=O) groups is 2. The van der Waals surface area contributed by atoms with Gasteiger partial charge in [0.05, 0.1) is 18.1 Å². The molecule has 10 nitrogen and oxygen atoms in total. The lowest BCUT2D eigenvalue weighted by Crippen LogP contribution is -2.18. The molecule has 2 rings (SSSR count). The quantitative estimate of drug-likeness (QED) is 0.136. The van der Waals surface area contributed by atoms with Crippen LogP contribution in [0.25, 0.3) is 6.08 Å². The zero-order chi connectivity index (χ0) is 23.5. The second-order valence-electron chi connectivity index (χ2n) is 6.02. The molecule has 0 atom stereocenters. The molecule has 0 aromatic heterocycles. The summed E-state index contributed by atoms with van der Waals surface area (Å²) in [6.45, 7) is 3.17. The van der Waals surface area contributed by atoms with E-state index in [0.29, 0.717) is 5.56 Å². The molecule has 0 unspecified atom stereocenters. The molecule has 10 heteroatoms. The Hall–Kier alpha value is -4.39. The third kappa shape index (κ3) is 6.56. The maximum atomic E-state index is 12.2. The Morgan fingerprint density at radius 1 is 1.06 bits per heavy atom. The lowest BCUT2D eigenvalue weighted by atomic mass is 10.1. The summed E-state index contributed by atoms with van der Waals surface area (Å²) in [6.07, 6.45) is 1.32. The molecule has 0 bridgehead atoms. The van der Waals surface area contributed by atoms with Crippen molar-refractivity contribution in [3.05, 3.63) is 63.7 Å². The third-order valence-electron chi connectivity index (χ3n) is 3.83. The minimum Gasteiger partial charge on any atom is -0.490 e. The van der Waals surface area contributed by atoms with Crippen LogP contribution in [0.1, 0.15) is 19.4 Å². The number of nitro benzene ring substituents is 1. The van der Waals surface area contributed by atoms with Crippen molar-refractivity contribution in [2.24, 2.45) is 0 Å². The molecule has 0 saturated heterocycles. The molecule has 0 N–H and O–H groups in total. The number of nitriles is 1. The van der Waals surface area contributed by atoms with Crippen LogP contribution in [-0.2, 0) is 14.3 Å². The largest absolute Gasteiger partial charge is 0.490 e. The van der Waals surface area contributed by atoms with Crippen molar-refractivity contribution in [2.75, 3.05) is 19.8 Å². The second-order valence-corrected chi connectivity index (χ2v) is 6.02. The summed E-state index contributed by atoms with van der Waals surface area (Å²) in [6, 6.07) is 11.9. The first-order valence-corrected chi connectivity index (χ1v) is 9.52. The highest BCUT2D eigenvalue weighted by atomic mass is 16.6. The average molecular weight is 440 g/mol. The van der Waals surface area contributed by atoms with E-state index >= 15 is 0 Å². The van der Waals surface area contributed by atoms with Crippen LogP contribution in [-0.4, -0.2) is 36.7 Å². The molecule has 166 valence electrons. The Labute approximate surface area is 183 Å². The monoisotopic (exact) mass is 440 g/mol. The molecule has 0 aliphatic heterocycles. The van der Waals surface area contributed by atoms with Gasteiger partial charge in [-0.15, -0.1) is 0 Å². The first-order chi connectivity index (χ1) is 15.4. The fourth-order valence-electron chi connectivity index (χ4n) is 2.50. The summed E-state index contributed by atoms with van der Waals surface area (Å²) < 4.78 is 20.8. The van der Waals surface area contributed by atoms with E-state index in [1.165, 1.54) is 42.5 Å². The van der Waals surface area contributed by atoms with Crippen LogP contribution in [0.2, 0.25) is 0 Å². The Balaban J connectivity index is 2.16. The minimum absolute atomic E-state index is 0.0667. The number of benzene rings is 2. The summed E-state index contributed by atoms with van der Waals surface area (Å²) in [5, 5.41) is 20.2. The number of carbonyl (C=O) groups excluding carboxylic acids is 2. The number of esters is 2. The summed E-state index contributed by atoms with van der Waals surface area (Å²) >= 11 is 0. The number of para-hydroxylation sites is 2. The maximum absolute atomic E-state index is 12.2. The van der Waals surface area contributed by atoms with Gasteiger partial charge in [0, 0.05) is 6.07 Å². The SMILES string of the molecule is CCOC(=O)/C(C#N)=C/c1ccc(OC(=O)COc2ccccc2[N+](=O)[O-])c(OCC)c1. The fourth-order valence-corrected chi connectivity index (χ4v) is 2.50. The molecule has 0 spiro atoms. The topological polar surface area (TPSA) is 138 Å². The van der Waals surface area contributed by atoms with Gasteiger partial charge < -0.3 is 18.9 Å². The Morgan fingerprint density at radius 2 is 1.81 bits per heavy atom. The lowest BCUT2D eigenvalue weighted by Gasteiger charge is -2.12. The molecule has 0 fully saturated rings. The first-order valence-electron chi connectivity index (χ1n) is 9.52. The summed E-state index contributed by atoms with van der Waals surface area (Å²) in [5.74, 6) is -1.36. The van der Waals surface area contributed by atoms with E-state index in [2.05, 4.69) is 0 Å². The average Bonchev–Trinajstić information content (AvgIpc) is 2.78. The number of nitrogens with zero attached hydrogens (tertiary/aromatic N) is 2. The molecule has 0 amide bonds. The van der Waals surface area contributed by atoms with Crippen LogP contribution in [0, 0.1) is 21.4 Å². The van der Waals surface area contributed by atoms with Crippen molar-refractivity contribution in [1.29, 1.82) is 5.26 Å². The number of hydrogen-bond acceptors (Lipinski definition) is 9. The molecular formula is C22H20N2O8. The van der Waals surface area contributed by atoms with E-state index in [9.17, 15) is 19.7 Å². The van der Waals surface area contributed by atoms with Crippen LogP contribution in [0.4, 0.5) is 5.69 Å². The standard InChI is InChI=1S/C22H20N2O8/c1-3-29-20-12-15(11-16(13-23)22(26)30-4-2)9-10-19(20)32-21(25)14-31-18-8-6-5-7-17(18)24(27)28/h5-12H,3-4,14H2,1-2H3/b16-11+. The van der Waals surface area contributed by atoms with Crippen LogP contribution in [0.3, 0.4) is 0 Å². The predicted octanol–water partition coefficient (Wildman–Crippen LogP) is 3.45. The predicted molar refractivity (Wildman–Crippen MR) is 112 cm³/mol. The number of rotatable bonds is 10. The van der Waals surface area contributed by atoms with Crippen LogP contribution < -0.4 is 14.2 Å². The van der Waals surface area contributed by atoms with Crippen LogP contribution in [0.5, 0.6) is 17.2 Å². The molecule has 0 saturated carbocycles. The van der Waals surface area contributed by atoms with Crippen molar-refractivity contribution in [3.8, 4) is 23.3 Å². The normalized spacial score (nSPS) is 10.6. The van der Waals surface area contributed by atoms with Crippen molar-refractivity contribution in [1.82, 2.24) is 0 Å². The van der Waals surface area contributed by atoms with E-state index in [4.69, 9.17) is 24.2 Å². The highest BCUT2D eigenvalue weighted by Gasteiger charge is 2.17. The smallest absolute Gasteiger partial charge is 0.349 e. The van der Waals surface area contributed by atoms with Gasteiger partial charge in [-0.2, -0.15) is 5.26 Å². The lowest BCUT2D eigenvalue weighted by molar-refractivity contribution is -0.385. The van der Waals surface area contributed by atoms with Gasteiger partial charge >= 0.3 is 17.6 Å². The van der Waals surface area contributed by atoms with Gasteiger partial charge in [-0.3, -0.25) is 10.1 Å². The molecule has 2 aromatic carbocycles. The van der Waals surface area contributed by atoms with Gasteiger partial charge in [-0.25, -0.2) is 9.59 Å². The second kappa shape index (κ2) is 11.7. The molecule has 0 radical (unpaired) electrons. The van der Waals surface area contributed by atoms with Crippen molar-refractivity contribution in [2.45, 2.75) is 13.8 Å². The van der Waals surface area contributed by atoms with Gasteiger partial charge in [0.15, 0.2) is 23.9 Å². The van der Waals surface area contributed by atoms with E-state index in [-0.39, 0.29) is 41.7 Å². The Bertz CT molecular complexity index is 1070. The van der Waals surface area contributed by atoms with Gasteiger partial charge in [0.1, 0.15) is 11.6 Å². The summed E-state index contributed by atoms with van der Waals surface area (Å²) in [4.78, 5) is 34.4. The molecule has 0 aliphatic carbocycles. The zero-order valence-corrected chi connectivity index (χ0v) is 17.4. The molecule has 0 heterocycles. The van der Waals surface area contributed by atoms with E-state index in [1.54, 1.807) is 26.0 Å². The van der Waals surface area contributed by atoms with Gasteiger partial charge in [-0.05, 0) is 43.7 Å². The molecule has 2 aromatic rings. The highest BCUT2D eigenvalue weighted by Crippen LogP contribution is 2.30. The van der Waals surface area contributed by atoms with Crippen molar-refractivity contribution < 1.29 is 33.5 Å². The van der Waals surface area contributed by atoms with Crippen molar-refractivity contribution >= 4 is 23.7 Å². The maximum Gasteiger partial charge on any atom is 0.349 e. The number of hydrogen-bond donors (Lipinski definition) is 0. The molecule has 0 aliphatic rings. The van der Waals surface area contributed by atoms with Gasteiger partial charge in [0.25, 0.3) is 0 Å². The first kappa shape index (κ1) is 23.9. The van der Waals surface area contributed by atoms with Gasteiger partial charge in [-0.1, -0.05) is 18.2 Å². The zero-order valence-electron chi connectivity index (χ0n) is 17.4. The number of ether oxygens (including phenoxy) is 4. The minimum atomic E-state index is -0.809. The highest BCUT2D eigenvalue weighted by molar-refractivity contribution is 5.98. The Morgan fingerprint density at radius 3 is 2.47 bits per heavy atom. The summed E-state index contributed by atoms with van der Waals surface area (Å²) in [7, 11) is 0. The van der Waals surface area contributed by atoms with Gasteiger partial charge in [0.2, 0.25) is 0 Å². The van der Waals surface area contributed by atoms with E-state index in [0.717, 1.165) is 0 Å². The van der Waals surface area contributed by atoms with Crippen molar-refractivity contribution in [3.63, 3.8) is 0 Å². The fraction of sp³-hybridized carbons (Fsp3) is 0.227. The Kier molecular flexibility index (Phi) is 8.74. The molecule has 32 heavy (non-hydrogen) atoms. The molecular weight excluding hydrogens is 420 g/mol. The van der Waals surface area contributed by atoms with E-state index < -0.39 is 23.5 Å². The van der Waals surface area contributed by atoms with Crippen LogP contribution in [0.15, 0.2) is 48.0 Å². The number of nitro groups is 1. The third-order valence-corrected chi connectivity index (χ3v) is 3.83. The van der Waals surface area contributed by atoms with Crippen LogP contribution >= 0.6 is 0 Å². The summed E-state index contributed by atoms with van der Waals surface area (Å²) in [5.41, 5.74) is -0.0211. The van der Waals surface area contributed by atoms with E-state index in [1.807, 2.05) is 0 Å².